The van der Waals surface area contributed by atoms with Crippen molar-refractivity contribution in [1.82, 2.24) is 0 Å². The molecule has 0 saturated heterocycles. The third kappa shape index (κ3) is 4.36. The third-order valence-electron chi connectivity index (χ3n) is 2.92. The van der Waals surface area contributed by atoms with E-state index in [1.807, 2.05) is 13.0 Å². The van der Waals surface area contributed by atoms with E-state index in [0.29, 0.717) is 15.8 Å². The van der Waals surface area contributed by atoms with Gasteiger partial charge in [-0.1, -0.05) is 6.07 Å². The summed E-state index contributed by atoms with van der Waals surface area (Å²) in [5.74, 6) is -1.71. The number of rotatable bonds is 3. The number of nitro groups is 1. The van der Waals surface area contributed by atoms with E-state index in [-0.39, 0.29) is 5.69 Å². The molecule has 23 heavy (non-hydrogen) atoms. The second kappa shape index (κ2) is 7.01. The van der Waals surface area contributed by atoms with Crippen molar-refractivity contribution in [3.63, 3.8) is 0 Å². The Morgan fingerprint density at radius 2 is 1.65 bits per heavy atom. The summed E-state index contributed by atoms with van der Waals surface area (Å²) < 4.78 is 0.661. The number of hydrogen-bond acceptors (Lipinski definition) is 4. The second-order valence-electron chi connectivity index (χ2n) is 4.70. The highest BCUT2D eigenvalue weighted by atomic mass is 79.9. The van der Waals surface area contributed by atoms with Crippen molar-refractivity contribution in [2.75, 3.05) is 10.6 Å². The van der Waals surface area contributed by atoms with E-state index >= 15 is 0 Å². The summed E-state index contributed by atoms with van der Waals surface area (Å²) in [5, 5.41) is 15.4. The Labute approximate surface area is 140 Å². The zero-order valence-electron chi connectivity index (χ0n) is 12.0. The first-order chi connectivity index (χ1) is 10.9. The quantitative estimate of drug-likeness (QED) is 0.486. The number of nitrogens with one attached hydrogen (secondary N) is 2. The van der Waals surface area contributed by atoms with Gasteiger partial charge < -0.3 is 10.6 Å². The maximum atomic E-state index is 11.9. The van der Waals surface area contributed by atoms with Gasteiger partial charge in [-0.3, -0.25) is 19.7 Å². The number of hydrogen-bond donors (Lipinski definition) is 2. The van der Waals surface area contributed by atoms with E-state index in [4.69, 9.17) is 0 Å². The highest BCUT2D eigenvalue weighted by molar-refractivity contribution is 9.10. The average Bonchev–Trinajstić information content (AvgIpc) is 2.50. The first-order valence-corrected chi connectivity index (χ1v) is 7.29. The van der Waals surface area contributed by atoms with E-state index in [1.54, 1.807) is 12.1 Å². The topological polar surface area (TPSA) is 101 Å². The average molecular weight is 378 g/mol. The number of aryl methyl sites for hydroxylation is 1. The lowest BCUT2D eigenvalue weighted by molar-refractivity contribution is -0.384. The fraction of sp³-hybridized carbons (Fsp3) is 0.0667. The van der Waals surface area contributed by atoms with Crippen LogP contribution < -0.4 is 10.6 Å². The molecule has 0 heterocycles. The van der Waals surface area contributed by atoms with E-state index < -0.39 is 16.7 Å². The van der Waals surface area contributed by atoms with Crippen LogP contribution in [0, 0.1) is 17.0 Å². The zero-order valence-corrected chi connectivity index (χ0v) is 13.6. The smallest absolute Gasteiger partial charge is 0.314 e. The van der Waals surface area contributed by atoms with Crippen LogP contribution in [0.5, 0.6) is 0 Å². The number of amides is 2. The number of carbonyl (C=O) groups is 2. The van der Waals surface area contributed by atoms with Crippen LogP contribution in [0.4, 0.5) is 17.1 Å². The molecule has 2 amide bonds. The molecule has 2 aromatic rings. The number of anilines is 2. The Hall–Kier alpha value is -2.74. The van der Waals surface area contributed by atoms with Crippen LogP contribution in [-0.4, -0.2) is 16.7 Å². The lowest BCUT2D eigenvalue weighted by atomic mass is 10.2. The van der Waals surface area contributed by atoms with Crippen molar-refractivity contribution < 1.29 is 14.5 Å². The molecule has 0 spiro atoms. The summed E-state index contributed by atoms with van der Waals surface area (Å²) in [5.41, 5.74) is 1.67. The van der Waals surface area contributed by atoms with Crippen LogP contribution in [-0.2, 0) is 9.59 Å². The van der Waals surface area contributed by atoms with Gasteiger partial charge in [0, 0.05) is 22.3 Å². The molecule has 7 nitrogen and oxygen atoms in total. The van der Waals surface area contributed by atoms with Crippen molar-refractivity contribution in [3.05, 3.63) is 62.6 Å². The summed E-state index contributed by atoms with van der Waals surface area (Å²) in [6, 6.07) is 10.5. The van der Waals surface area contributed by atoms with Gasteiger partial charge >= 0.3 is 11.8 Å². The Balaban J connectivity index is 2.02. The van der Waals surface area contributed by atoms with E-state index in [9.17, 15) is 19.7 Å². The largest absolute Gasteiger partial charge is 0.318 e. The number of carbonyl (C=O) groups excluding carboxylic acids is 2. The monoisotopic (exact) mass is 377 g/mol. The van der Waals surface area contributed by atoms with Gasteiger partial charge in [0.15, 0.2) is 0 Å². The van der Waals surface area contributed by atoms with Gasteiger partial charge in [0.2, 0.25) is 0 Å². The molecule has 0 radical (unpaired) electrons. The van der Waals surface area contributed by atoms with Gasteiger partial charge in [-0.15, -0.1) is 0 Å². The highest BCUT2D eigenvalue weighted by Crippen LogP contribution is 2.23. The van der Waals surface area contributed by atoms with Crippen molar-refractivity contribution >= 4 is 44.8 Å². The van der Waals surface area contributed by atoms with Crippen LogP contribution in [0.25, 0.3) is 0 Å². The molecular weight excluding hydrogens is 366 g/mol. The fourth-order valence-electron chi connectivity index (χ4n) is 1.75. The van der Waals surface area contributed by atoms with E-state index in [1.165, 1.54) is 24.3 Å². The maximum absolute atomic E-state index is 11.9. The van der Waals surface area contributed by atoms with Gasteiger partial charge in [0.25, 0.3) is 5.69 Å². The standard InChI is InChI=1S/C15H12BrN3O4/c1-9-2-7-13(12(16)8-9)18-15(21)14(20)17-10-3-5-11(6-4-10)19(22)23/h2-8H,1H3,(H,17,20)(H,18,21). The van der Waals surface area contributed by atoms with Gasteiger partial charge in [-0.2, -0.15) is 0 Å². The first-order valence-electron chi connectivity index (χ1n) is 6.50. The van der Waals surface area contributed by atoms with Crippen molar-refractivity contribution in [1.29, 1.82) is 0 Å². The SMILES string of the molecule is Cc1ccc(NC(=O)C(=O)Nc2ccc([N+](=O)[O-])cc2)c(Br)c1. The van der Waals surface area contributed by atoms with Crippen molar-refractivity contribution in [2.45, 2.75) is 6.92 Å². The molecule has 0 bridgehead atoms. The molecule has 0 aromatic heterocycles. The molecule has 0 aliphatic heterocycles. The van der Waals surface area contributed by atoms with E-state index in [0.717, 1.165) is 5.56 Å². The Morgan fingerprint density at radius 1 is 1.04 bits per heavy atom. The second-order valence-corrected chi connectivity index (χ2v) is 5.55. The first kappa shape index (κ1) is 16.6. The van der Waals surface area contributed by atoms with Crippen LogP contribution in [0.3, 0.4) is 0 Å². The molecule has 2 rings (SSSR count). The summed E-state index contributed by atoms with van der Waals surface area (Å²) >= 11 is 3.30. The fourth-order valence-corrected chi connectivity index (χ4v) is 2.35. The zero-order chi connectivity index (χ0) is 17.0. The lowest BCUT2D eigenvalue weighted by Gasteiger charge is -2.08. The van der Waals surface area contributed by atoms with Crippen LogP contribution in [0.2, 0.25) is 0 Å². The molecule has 0 aliphatic rings. The van der Waals surface area contributed by atoms with Crippen LogP contribution in [0.1, 0.15) is 5.56 Å². The minimum atomic E-state index is -0.869. The predicted octanol–water partition coefficient (Wildman–Crippen LogP) is 3.24. The molecule has 0 aliphatic carbocycles. The third-order valence-corrected chi connectivity index (χ3v) is 3.57. The molecule has 0 saturated carbocycles. The van der Waals surface area contributed by atoms with Gasteiger partial charge in [0.05, 0.1) is 10.6 Å². The Kier molecular flexibility index (Phi) is 5.07. The van der Waals surface area contributed by atoms with Gasteiger partial charge in [-0.05, 0) is 52.7 Å². The molecular formula is C15H12BrN3O4. The van der Waals surface area contributed by atoms with Gasteiger partial charge in [0.1, 0.15) is 0 Å². The molecule has 0 unspecified atom stereocenters. The summed E-state index contributed by atoms with van der Waals surface area (Å²) in [7, 11) is 0. The molecule has 118 valence electrons. The summed E-state index contributed by atoms with van der Waals surface area (Å²) in [4.78, 5) is 33.7. The molecule has 2 aromatic carbocycles. The number of nitro benzene ring substituents is 1. The Morgan fingerprint density at radius 3 is 2.22 bits per heavy atom. The van der Waals surface area contributed by atoms with Crippen molar-refractivity contribution in [3.8, 4) is 0 Å². The molecule has 0 fully saturated rings. The lowest BCUT2D eigenvalue weighted by Crippen LogP contribution is -2.29. The minimum absolute atomic E-state index is 0.101. The summed E-state index contributed by atoms with van der Waals surface area (Å²) in [6.45, 7) is 1.90. The van der Waals surface area contributed by atoms with Crippen LogP contribution >= 0.6 is 15.9 Å². The summed E-state index contributed by atoms with van der Waals surface area (Å²) in [6.07, 6.45) is 0. The number of halogens is 1. The maximum Gasteiger partial charge on any atom is 0.314 e. The number of benzene rings is 2. The van der Waals surface area contributed by atoms with Crippen molar-refractivity contribution in [2.24, 2.45) is 0 Å². The highest BCUT2D eigenvalue weighted by Gasteiger charge is 2.16. The minimum Gasteiger partial charge on any atom is -0.318 e. The van der Waals surface area contributed by atoms with Gasteiger partial charge in [-0.25, -0.2) is 0 Å². The molecule has 0 atom stereocenters. The predicted molar refractivity (Wildman–Crippen MR) is 89.2 cm³/mol. The van der Waals surface area contributed by atoms with Crippen LogP contribution in [0.15, 0.2) is 46.9 Å². The Bertz CT molecular complexity index is 775. The number of nitrogens with zero attached hydrogens (tertiary/aromatic N) is 1. The number of non-ortho nitro benzene ring substituents is 1. The molecule has 2 N–H and O–H groups in total. The normalized spacial score (nSPS) is 10.0. The molecule has 8 heteroatoms. The van der Waals surface area contributed by atoms with E-state index in [2.05, 4.69) is 26.6 Å².